The quantitative estimate of drug-likeness (QED) is 0.628. The Kier molecular flexibility index (Phi) is 3.98. The zero-order chi connectivity index (χ0) is 15.5. The molecule has 0 unspecified atom stereocenters. The van der Waals surface area contributed by atoms with Crippen molar-refractivity contribution in [3.63, 3.8) is 0 Å². The van der Waals surface area contributed by atoms with E-state index in [4.69, 9.17) is 4.42 Å². The number of hydrogen-bond donors (Lipinski definition) is 0. The highest BCUT2D eigenvalue weighted by molar-refractivity contribution is 8.18. The SMILES string of the molecule is C=CCN1C(=O)SC(=Cc2ccc(-c3ccccc3)o2)C1=O. The average molecular weight is 311 g/mol. The number of carbonyl (C=O) groups is 2. The van der Waals surface area contributed by atoms with Gasteiger partial charge < -0.3 is 4.42 Å². The fourth-order valence-corrected chi connectivity index (χ4v) is 2.93. The number of carbonyl (C=O) groups excluding carboxylic acids is 2. The Bertz CT molecular complexity index is 761. The molecule has 1 aromatic heterocycles. The Morgan fingerprint density at radius 2 is 1.91 bits per heavy atom. The van der Waals surface area contributed by atoms with Crippen molar-refractivity contribution in [1.82, 2.24) is 4.90 Å². The summed E-state index contributed by atoms with van der Waals surface area (Å²) in [6.45, 7) is 3.76. The van der Waals surface area contributed by atoms with Crippen molar-refractivity contribution in [2.75, 3.05) is 6.54 Å². The molecule has 0 atom stereocenters. The molecule has 2 aromatic rings. The van der Waals surface area contributed by atoms with Crippen LogP contribution in [-0.2, 0) is 4.79 Å². The van der Waals surface area contributed by atoms with Crippen LogP contribution in [0.3, 0.4) is 0 Å². The van der Waals surface area contributed by atoms with Gasteiger partial charge in [0, 0.05) is 18.2 Å². The summed E-state index contributed by atoms with van der Waals surface area (Å²) in [4.78, 5) is 25.4. The molecule has 110 valence electrons. The number of rotatable bonds is 4. The second-order valence-electron chi connectivity index (χ2n) is 4.65. The van der Waals surface area contributed by atoms with Gasteiger partial charge >= 0.3 is 0 Å². The fourth-order valence-electron chi connectivity index (χ4n) is 2.10. The summed E-state index contributed by atoms with van der Waals surface area (Å²) in [5.74, 6) is 0.952. The van der Waals surface area contributed by atoms with Crippen molar-refractivity contribution in [3.8, 4) is 11.3 Å². The van der Waals surface area contributed by atoms with Gasteiger partial charge in [-0.25, -0.2) is 0 Å². The van der Waals surface area contributed by atoms with E-state index in [0.29, 0.717) is 10.7 Å². The Morgan fingerprint density at radius 3 is 2.64 bits per heavy atom. The minimum atomic E-state index is -0.312. The summed E-state index contributed by atoms with van der Waals surface area (Å²) in [5.41, 5.74) is 0.960. The molecular formula is C17H13NO3S. The second kappa shape index (κ2) is 6.07. The molecule has 0 radical (unpaired) electrons. The van der Waals surface area contributed by atoms with E-state index in [9.17, 15) is 9.59 Å². The standard InChI is InChI=1S/C17H13NO3S/c1-2-10-18-16(19)15(22-17(18)20)11-13-8-9-14(21-13)12-6-4-3-5-7-12/h2-9,11H,1,10H2. The van der Waals surface area contributed by atoms with Gasteiger partial charge in [-0.15, -0.1) is 6.58 Å². The van der Waals surface area contributed by atoms with Crippen molar-refractivity contribution >= 4 is 29.0 Å². The third-order valence-corrected chi connectivity index (χ3v) is 4.05. The number of furan rings is 1. The molecule has 1 fully saturated rings. The van der Waals surface area contributed by atoms with Crippen LogP contribution in [0, 0.1) is 0 Å². The van der Waals surface area contributed by atoms with E-state index in [1.54, 1.807) is 12.1 Å². The fraction of sp³-hybridized carbons (Fsp3) is 0.0588. The van der Waals surface area contributed by atoms with E-state index in [0.717, 1.165) is 28.0 Å². The van der Waals surface area contributed by atoms with Crippen molar-refractivity contribution in [1.29, 1.82) is 0 Å². The van der Waals surface area contributed by atoms with E-state index in [2.05, 4.69) is 6.58 Å². The first kappa shape index (κ1) is 14.4. The highest BCUT2D eigenvalue weighted by Gasteiger charge is 2.34. The maximum absolute atomic E-state index is 12.1. The summed E-state index contributed by atoms with van der Waals surface area (Å²) in [6, 6.07) is 13.3. The van der Waals surface area contributed by atoms with Crippen molar-refractivity contribution in [2.45, 2.75) is 0 Å². The van der Waals surface area contributed by atoms with Crippen LogP contribution < -0.4 is 0 Å². The molecule has 0 saturated carbocycles. The number of nitrogens with zero attached hydrogens (tertiary/aromatic N) is 1. The van der Waals surface area contributed by atoms with Crippen LogP contribution in [0.15, 0.2) is 64.4 Å². The Hall–Kier alpha value is -2.53. The molecule has 4 nitrogen and oxygen atoms in total. The van der Waals surface area contributed by atoms with Crippen LogP contribution >= 0.6 is 11.8 Å². The Balaban J connectivity index is 1.85. The molecule has 3 rings (SSSR count). The Labute approximate surface area is 132 Å². The lowest BCUT2D eigenvalue weighted by Gasteiger charge is -2.07. The topological polar surface area (TPSA) is 50.5 Å². The van der Waals surface area contributed by atoms with E-state index >= 15 is 0 Å². The van der Waals surface area contributed by atoms with Crippen LogP contribution in [0.4, 0.5) is 4.79 Å². The zero-order valence-corrected chi connectivity index (χ0v) is 12.5. The van der Waals surface area contributed by atoms with E-state index in [-0.39, 0.29) is 17.7 Å². The maximum atomic E-state index is 12.1. The number of imide groups is 1. The molecular weight excluding hydrogens is 298 g/mol. The molecule has 0 N–H and O–H groups in total. The third kappa shape index (κ3) is 2.76. The van der Waals surface area contributed by atoms with Crippen LogP contribution in [0.5, 0.6) is 0 Å². The largest absolute Gasteiger partial charge is 0.457 e. The lowest BCUT2D eigenvalue weighted by molar-refractivity contribution is -0.122. The molecule has 22 heavy (non-hydrogen) atoms. The van der Waals surface area contributed by atoms with Crippen LogP contribution in [0.1, 0.15) is 5.76 Å². The monoisotopic (exact) mass is 311 g/mol. The number of hydrogen-bond acceptors (Lipinski definition) is 4. The van der Waals surface area contributed by atoms with E-state index < -0.39 is 0 Å². The van der Waals surface area contributed by atoms with Crippen LogP contribution in [-0.4, -0.2) is 22.6 Å². The second-order valence-corrected chi connectivity index (χ2v) is 5.64. The lowest BCUT2D eigenvalue weighted by atomic mass is 10.2. The molecule has 0 bridgehead atoms. The van der Waals surface area contributed by atoms with Crippen molar-refractivity contribution in [2.24, 2.45) is 0 Å². The summed E-state index contributed by atoms with van der Waals surface area (Å²) in [5, 5.41) is -0.286. The van der Waals surface area contributed by atoms with Gasteiger partial charge in [0.2, 0.25) is 0 Å². The zero-order valence-electron chi connectivity index (χ0n) is 11.7. The summed E-state index contributed by atoms with van der Waals surface area (Å²) in [7, 11) is 0. The summed E-state index contributed by atoms with van der Waals surface area (Å²) < 4.78 is 5.72. The lowest BCUT2D eigenvalue weighted by Crippen LogP contribution is -2.27. The molecule has 1 aliphatic heterocycles. The van der Waals surface area contributed by atoms with E-state index in [1.165, 1.54) is 6.08 Å². The number of benzene rings is 1. The maximum Gasteiger partial charge on any atom is 0.293 e. The Morgan fingerprint density at radius 1 is 1.14 bits per heavy atom. The predicted octanol–water partition coefficient (Wildman–Crippen LogP) is 4.17. The molecule has 0 spiro atoms. The smallest absolute Gasteiger partial charge is 0.293 e. The highest BCUT2D eigenvalue weighted by Crippen LogP contribution is 2.33. The predicted molar refractivity (Wildman–Crippen MR) is 87.0 cm³/mol. The molecule has 5 heteroatoms. The molecule has 1 aromatic carbocycles. The van der Waals surface area contributed by atoms with Gasteiger partial charge in [-0.3, -0.25) is 14.5 Å². The summed E-state index contributed by atoms with van der Waals surface area (Å²) >= 11 is 0.912. The van der Waals surface area contributed by atoms with Gasteiger partial charge in [-0.1, -0.05) is 36.4 Å². The molecule has 2 amide bonds. The first-order chi connectivity index (χ1) is 10.7. The van der Waals surface area contributed by atoms with Gasteiger partial charge in [0.15, 0.2) is 0 Å². The minimum absolute atomic E-state index is 0.218. The molecule has 2 heterocycles. The summed E-state index contributed by atoms with van der Waals surface area (Å²) in [6.07, 6.45) is 3.13. The van der Waals surface area contributed by atoms with Gasteiger partial charge in [0.05, 0.1) is 4.91 Å². The minimum Gasteiger partial charge on any atom is -0.457 e. The molecule has 0 aliphatic carbocycles. The van der Waals surface area contributed by atoms with E-state index in [1.807, 2.05) is 36.4 Å². The van der Waals surface area contributed by atoms with Crippen LogP contribution in [0.2, 0.25) is 0 Å². The van der Waals surface area contributed by atoms with Crippen molar-refractivity contribution in [3.05, 3.63) is 65.8 Å². The van der Waals surface area contributed by atoms with Gasteiger partial charge in [0.25, 0.3) is 11.1 Å². The third-order valence-electron chi connectivity index (χ3n) is 3.14. The normalized spacial score (nSPS) is 16.5. The first-order valence-corrected chi connectivity index (χ1v) is 7.52. The van der Waals surface area contributed by atoms with Gasteiger partial charge in [-0.2, -0.15) is 0 Å². The highest BCUT2D eigenvalue weighted by atomic mass is 32.2. The first-order valence-electron chi connectivity index (χ1n) is 6.70. The molecule has 1 saturated heterocycles. The number of thioether (sulfide) groups is 1. The average Bonchev–Trinajstić information content (AvgIpc) is 3.09. The van der Waals surface area contributed by atoms with Crippen LogP contribution in [0.25, 0.3) is 17.4 Å². The number of amides is 2. The molecule has 1 aliphatic rings. The van der Waals surface area contributed by atoms with Gasteiger partial charge in [0.1, 0.15) is 11.5 Å². The van der Waals surface area contributed by atoms with Gasteiger partial charge in [-0.05, 0) is 23.9 Å². The van der Waals surface area contributed by atoms with Crippen molar-refractivity contribution < 1.29 is 14.0 Å².